The molecule has 1 rings (SSSR count). The van der Waals surface area contributed by atoms with Gasteiger partial charge in [0, 0.05) is 24.2 Å². The van der Waals surface area contributed by atoms with Crippen molar-refractivity contribution in [2.45, 2.75) is 13.0 Å². The lowest BCUT2D eigenvalue weighted by Gasteiger charge is -2.09. The maximum Gasteiger partial charge on any atom is 0.272 e. The molecule has 0 bridgehead atoms. The Kier molecular flexibility index (Phi) is 3.16. The lowest BCUT2D eigenvalue weighted by atomic mass is 10.0. The largest absolute Gasteiger partial charge is 0.329 e. The Hall–Kier alpha value is -1.46. The topological polar surface area (TPSA) is 95.2 Å². The molecule has 0 saturated heterocycles. The number of nitro groups is 1. The molecular formula is C9H13N3O2. The van der Waals surface area contributed by atoms with Gasteiger partial charge in [0.1, 0.15) is 0 Å². The van der Waals surface area contributed by atoms with Crippen molar-refractivity contribution in [3.05, 3.63) is 39.4 Å². The molecule has 0 saturated carbocycles. The fourth-order valence-electron chi connectivity index (χ4n) is 1.19. The molecule has 4 N–H and O–H groups in total. The van der Waals surface area contributed by atoms with Gasteiger partial charge in [-0.25, -0.2) is 0 Å². The molecule has 0 fully saturated rings. The molecule has 5 heteroatoms. The summed E-state index contributed by atoms with van der Waals surface area (Å²) in [5.41, 5.74) is 12.5. The van der Waals surface area contributed by atoms with Gasteiger partial charge in [-0.15, -0.1) is 0 Å². The molecule has 0 heterocycles. The first-order valence-corrected chi connectivity index (χ1v) is 4.27. The highest BCUT2D eigenvalue weighted by molar-refractivity contribution is 5.43. The van der Waals surface area contributed by atoms with Crippen molar-refractivity contribution in [3.63, 3.8) is 0 Å². The van der Waals surface area contributed by atoms with Crippen LogP contribution in [-0.2, 0) is 0 Å². The molecule has 14 heavy (non-hydrogen) atoms. The van der Waals surface area contributed by atoms with Gasteiger partial charge in [-0.1, -0.05) is 12.1 Å². The molecule has 0 aromatic heterocycles. The molecule has 76 valence electrons. The van der Waals surface area contributed by atoms with Crippen LogP contribution in [0.3, 0.4) is 0 Å². The Morgan fingerprint density at radius 1 is 1.57 bits per heavy atom. The van der Waals surface area contributed by atoms with Crippen LogP contribution < -0.4 is 11.5 Å². The van der Waals surface area contributed by atoms with Gasteiger partial charge in [0.2, 0.25) is 0 Å². The van der Waals surface area contributed by atoms with Crippen molar-refractivity contribution < 1.29 is 4.92 Å². The first kappa shape index (κ1) is 10.6. The summed E-state index contributed by atoms with van der Waals surface area (Å²) in [6.07, 6.45) is 0. The lowest BCUT2D eigenvalue weighted by molar-refractivity contribution is -0.385. The fraction of sp³-hybridized carbons (Fsp3) is 0.333. The van der Waals surface area contributed by atoms with E-state index in [2.05, 4.69) is 0 Å². The Morgan fingerprint density at radius 3 is 2.71 bits per heavy atom. The summed E-state index contributed by atoms with van der Waals surface area (Å²) < 4.78 is 0. The van der Waals surface area contributed by atoms with E-state index in [0.717, 1.165) is 0 Å². The average molecular weight is 195 g/mol. The summed E-state index contributed by atoms with van der Waals surface area (Å²) in [5.74, 6) is 0. The van der Waals surface area contributed by atoms with E-state index in [-0.39, 0.29) is 18.3 Å². The number of benzene rings is 1. The summed E-state index contributed by atoms with van der Waals surface area (Å²) >= 11 is 0. The van der Waals surface area contributed by atoms with Gasteiger partial charge in [0.15, 0.2) is 0 Å². The fourth-order valence-corrected chi connectivity index (χ4v) is 1.19. The van der Waals surface area contributed by atoms with Crippen molar-refractivity contribution >= 4 is 5.69 Å². The predicted molar refractivity (Wildman–Crippen MR) is 53.8 cm³/mol. The normalized spacial score (nSPS) is 12.5. The summed E-state index contributed by atoms with van der Waals surface area (Å²) in [5, 5.41) is 10.6. The standard InChI is InChI=1S/C9H13N3O2/c1-6-2-3-7(8(11)5-10)4-9(6)12(13)14/h2-4,8H,5,10-11H2,1H3. The Balaban J connectivity index is 3.12. The SMILES string of the molecule is Cc1ccc(C(N)CN)cc1[N+](=O)[O-]. The summed E-state index contributed by atoms with van der Waals surface area (Å²) in [6.45, 7) is 1.97. The summed E-state index contributed by atoms with van der Waals surface area (Å²) in [6, 6.07) is 4.59. The molecule has 1 aromatic rings. The Labute approximate surface area is 81.9 Å². The predicted octanol–water partition coefficient (Wildman–Crippen LogP) is 0.862. The number of nitrogens with zero attached hydrogens (tertiary/aromatic N) is 1. The second-order valence-electron chi connectivity index (χ2n) is 3.15. The van der Waals surface area contributed by atoms with E-state index in [9.17, 15) is 10.1 Å². The number of nitrogens with two attached hydrogens (primary N) is 2. The van der Waals surface area contributed by atoms with Crippen LogP contribution in [0.15, 0.2) is 18.2 Å². The van der Waals surface area contributed by atoms with Gasteiger partial charge in [-0.05, 0) is 12.5 Å². The molecule has 0 spiro atoms. The molecule has 5 nitrogen and oxygen atoms in total. The summed E-state index contributed by atoms with van der Waals surface area (Å²) in [7, 11) is 0. The molecular weight excluding hydrogens is 182 g/mol. The monoisotopic (exact) mass is 195 g/mol. The number of nitro benzene ring substituents is 1. The zero-order valence-electron chi connectivity index (χ0n) is 7.93. The molecule has 0 radical (unpaired) electrons. The van der Waals surface area contributed by atoms with Crippen LogP contribution in [0.1, 0.15) is 17.2 Å². The van der Waals surface area contributed by atoms with E-state index < -0.39 is 4.92 Å². The quantitative estimate of drug-likeness (QED) is 0.552. The van der Waals surface area contributed by atoms with Crippen LogP contribution in [0.2, 0.25) is 0 Å². The minimum Gasteiger partial charge on any atom is -0.329 e. The van der Waals surface area contributed by atoms with Crippen LogP contribution in [0.4, 0.5) is 5.69 Å². The maximum absolute atomic E-state index is 10.6. The van der Waals surface area contributed by atoms with Gasteiger partial charge in [0.05, 0.1) is 4.92 Å². The van der Waals surface area contributed by atoms with Crippen molar-refractivity contribution in [2.75, 3.05) is 6.54 Å². The van der Waals surface area contributed by atoms with Gasteiger partial charge >= 0.3 is 0 Å². The number of hydrogen-bond acceptors (Lipinski definition) is 4. The molecule has 0 aliphatic carbocycles. The second kappa shape index (κ2) is 4.17. The maximum atomic E-state index is 10.6. The van der Waals surface area contributed by atoms with E-state index in [0.29, 0.717) is 11.1 Å². The molecule has 1 aromatic carbocycles. The van der Waals surface area contributed by atoms with E-state index >= 15 is 0 Å². The number of hydrogen-bond donors (Lipinski definition) is 2. The van der Waals surface area contributed by atoms with Gasteiger partial charge < -0.3 is 11.5 Å². The minimum atomic E-state index is -0.415. The zero-order valence-corrected chi connectivity index (χ0v) is 7.93. The van der Waals surface area contributed by atoms with E-state index in [1.165, 1.54) is 6.07 Å². The van der Waals surface area contributed by atoms with E-state index in [1.807, 2.05) is 0 Å². The van der Waals surface area contributed by atoms with E-state index in [1.54, 1.807) is 19.1 Å². The third-order valence-electron chi connectivity index (χ3n) is 2.11. The van der Waals surface area contributed by atoms with Gasteiger partial charge in [-0.3, -0.25) is 10.1 Å². The molecule has 0 aliphatic rings. The zero-order chi connectivity index (χ0) is 10.7. The molecule has 1 atom stereocenters. The average Bonchev–Trinajstić information content (AvgIpc) is 2.17. The second-order valence-corrected chi connectivity index (χ2v) is 3.15. The van der Waals surface area contributed by atoms with Crippen LogP contribution in [0.25, 0.3) is 0 Å². The number of aryl methyl sites for hydroxylation is 1. The highest BCUT2D eigenvalue weighted by Gasteiger charge is 2.13. The lowest BCUT2D eigenvalue weighted by Crippen LogP contribution is -2.20. The smallest absolute Gasteiger partial charge is 0.272 e. The Morgan fingerprint density at radius 2 is 2.21 bits per heavy atom. The third kappa shape index (κ3) is 2.07. The van der Waals surface area contributed by atoms with Crippen molar-refractivity contribution in [1.82, 2.24) is 0 Å². The van der Waals surface area contributed by atoms with Crippen LogP contribution in [0, 0.1) is 17.0 Å². The van der Waals surface area contributed by atoms with Gasteiger partial charge in [0.25, 0.3) is 5.69 Å². The van der Waals surface area contributed by atoms with Crippen molar-refractivity contribution in [2.24, 2.45) is 11.5 Å². The van der Waals surface area contributed by atoms with Gasteiger partial charge in [-0.2, -0.15) is 0 Å². The highest BCUT2D eigenvalue weighted by atomic mass is 16.6. The third-order valence-corrected chi connectivity index (χ3v) is 2.11. The Bertz CT molecular complexity index is 352. The first-order chi connectivity index (χ1) is 6.56. The van der Waals surface area contributed by atoms with Crippen molar-refractivity contribution in [1.29, 1.82) is 0 Å². The summed E-state index contributed by atoms with van der Waals surface area (Å²) in [4.78, 5) is 10.2. The van der Waals surface area contributed by atoms with Crippen LogP contribution >= 0.6 is 0 Å². The molecule has 0 aliphatic heterocycles. The van der Waals surface area contributed by atoms with Crippen LogP contribution in [-0.4, -0.2) is 11.5 Å². The number of rotatable bonds is 3. The minimum absolute atomic E-state index is 0.0893. The van der Waals surface area contributed by atoms with Crippen molar-refractivity contribution in [3.8, 4) is 0 Å². The van der Waals surface area contributed by atoms with E-state index in [4.69, 9.17) is 11.5 Å². The highest BCUT2D eigenvalue weighted by Crippen LogP contribution is 2.21. The molecule has 0 amide bonds. The van der Waals surface area contributed by atoms with Crippen LogP contribution in [0.5, 0.6) is 0 Å². The first-order valence-electron chi connectivity index (χ1n) is 4.27. The molecule has 1 unspecified atom stereocenters.